The third-order valence-electron chi connectivity index (χ3n) is 2.06. The monoisotopic (exact) mass is 247 g/mol. The van der Waals surface area contributed by atoms with Crippen LogP contribution in [0.2, 0.25) is 0 Å². The second-order valence-electron chi connectivity index (χ2n) is 3.19. The second kappa shape index (κ2) is 3.83. The fraction of sp³-hybridized carbons (Fsp3) is 0.500. The van der Waals surface area contributed by atoms with Crippen molar-refractivity contribution >= 4 is 19.7 Å². The first-order valence-electron chi connectivity index (χ1n) is 4.19. The van der Waals surface area contributed by atoms with Crippen molar-refractivity contribution in [2.75, 3.05) is 0 Å². The van der Waals surface area contributed by atoms with E-state index in [-0.39, 0.29) is 4.90 Å². The van der Waals surface area contributed by atoms with E-state index in [1.807, 2.05) is 6.07 Å². The summed E-state index contributed by atoms with van der Waals surface area (Å²) in [7, 11) is 1.46. The molecule has 0 bridgehead atoms. The maximum Gasteiger partial charge on any atom is 0.264 e. The lowest BCUT2D eigenvalue weighted by Crippen LogP contribution is -2.07. The molecule has 0 aliphatic rings. The van der Waals surface area contributed by atoms with Gasteiger partial charge in [0.25, 0.3) is 9.05 Å². The summed E-state index contributed by atoms with van der Waals surface area (Å²) in [6.45, 7) is 4.75. The van der Waals surface area contributed by atoms with Crippen LogP contribution in [0.15, 0.2) is 4.90 Å². The zero-order valence-corrected chi connectivity index (χ0v) is 10.1. The van der Waals surface area contributed by atoms with E-state index >= 15 is 0 Å². The molecule has 0 saturated heterocycles. The molecule has 82 valence electrons. The third-order valence-corrected chi connectivity index (χ3v) is 3.60. The highest BCUT2D eigenvalue weighted by Gasteiger charge is 2.23. The maximum absolute atomic E-state index is 11.2. The van der Waals surface area contributed by atoms with Crippen molar-refractivity contribution in [3.05, 3.63) is 11.4 Å². The Kier molecular flexibility index (Phi) is 3.07. The van der Waals surface area contributed by atoms with Crippen LogP contribution in [0.3, 0.4) is 0 Å². The van der Waals surface area contributed by atoms with E-state index in [2.05, 4.69) is 5.10 Å². The molecular formula is C8H10ClN3O2S. The minimum atomic E-state index is -3.81. The first-order chi connectivity index (χ1) is 6.79. The first kappa shape index (κ1) is 12.0. The van der Waals surface area contributed by atoms with E-state index in [0.717, 1.165) is 0 Å². The number of hydrogen-bond acceptors (Lipinski definition) is 4. The van der Waals surface area contributed by atoms with Gasteiger partial charge in [0.2, 0.25) is 0 Å². The van der Waals surface area contributed by atoms with Crippen LogP contribution in [0.25, 0.3) is 0 Å². The molecule has 0 amide bonds. The molecule has 0 N–H and O–H groups in total. The number of aryl methyl sites for hydroxylation is 1. The van der Waals surface area contributed by atoms with E-state index in [1.165, 1.54) is 4.68 Å². The quantitative estimate of drug-likeness (QED) is 0.743. The van der Waals surface area contributed by atoms with Gasteiger partial charge in [-0.2, -0.15) is 10.4 Å². The standard InChI is InChI=1S/C8H10ClN3O2S/c1-5(4-10)12-7(3)8(6(2)11-12)15(9,13)14/h5H,1-3H3. The summed E-state index contributed by atoms with van der Waals surface area (Å²) in [6.07, 6.45) is 0. The molecule has 1 aromatic heterocycles. The molecule has 1 heterocycles. The molecule has 5 nitrogen and oxygen atoms in total. The predicted molar refractivity (Wildman–Crippen MR) is 55.1 cm³/mol. The van der Waals surface area contributed by atoms with Crippen LogP contribution in [0.5, 0.6) is 0 Å². The van der Waals surface area contributed by atoms with Crippen LogP contribution in [0.1, 0.15) is 24.4 Å². The molecular weight excluding hydrogens is 238 g/mol. The molecule has 1 rings (SSSR count). The topological polar surface area (TPSA) is 75.8 Å². The van der Waals surface area contributed by atoms with Crippen LogP contribution >= 0.6 is 10.7 Å². The molecule has 0 spiro atoms. The summed E-state index contributed by atoms with van der Waals surface area (Å²) in [5, 5.41) is 12.7. The van der Waals surface area contributed by atoms with Gasteiger partial charge in [-0.1, -0.05) is 0 Å². The van der Waals surface area contributed by atoms with E-state index in [4.69, 9.17) is 15.9 Å². The normalized spacial score (nSPS) is 13.5. The fourth-order valence-corrected chi connectivity index (χ4v) is 2.94. The molecule has 1 atom stereocenters. The lowest BCUT2D eigenvalue weighted by atomic mass is 10.3. The van der Waals surface area contributed by atoms with Crippen molar-refractivity contribution in [3.8, 4) is 6.07 Å². The molecule has 0 fully saturated rings. The Morgan fingerprint density at radius 1 is 1.53 bits per heavy atom. The van der Waals surface area contributed by atoms with E-state index < -0.39 is 15.1 Å². The fourth-order valence-electron chi connectivity index (χ4n) is 1.43. The minimum absolute atomic E-state index is 0.00809. The SMILES string of the molecule is Cc1nn(C(C)C#N)c(C)c1S(=O)(=O)Cl. The highest BCUT2D eigenvalue weighted by molar-refractivity contribution is 8.13. The molecule has 0 aliphatic heterocycles. The molecule has 0 aromatic carbocycles. The Hall–Kier alpha value is -1.06. The second-order valence-corrected chi connectivity index (χ2v) is 5.69. The van der Waals surface area contributed by atoms with Gasteiger partial charge < -0.3 is 0 Å². The van der Waals surface area contributed by atoms with Crippen LogP contribution in [-0.4, -0.2) is 18.2 Å². The van der Waals surface area contributed by atoms with E-state index in [9.17, 15) is 8.42 Å². The summed E-state index contributed by atoms with van der Waals surface area (Å²) in [5.74, 6) is 0. The Labute approximate surface area is 92.7 Å². The number of hydrogen-bond donors (Lipinski definition) is 0. The average molecular weight is 248 g/mol. The predicted octanol–water partition coefficient (Wildman–Crippen LogP) is 1.51. The largest absolute Gasteiger partial charge is 0.264 e. The number of nitrogens with zero attached hydrogens (tertiary/aromatic N) is 3. The summed E-state index contributed by atoms with van der Waals surface area (Å²) < 4.78 is 23.8. The number of aromatic nitrogens is 2. The van der Waals surface area contributed by atoms with Gasteiger partial charge in [-0.15, -0.1) is 0 Å². The lowest BCUT2D eigenvalue weighted by molar-refractivity contribution is 0.568. The van der Waals surface area contributed by atoms with Crippen LogP contribution < -0.4 is 0 Å². The van der Waals surface area contributed by atoms with Crippen LogP contribution in [0.4, 0.5) is 0 Å². The van der Waals surface area contributed by atoms with Crippen molar-refractivity contribution in [2.45, 2.75) is 31.7 Å². The van der Waals surface area contributed by atoms with Crippen LogP contribution in [-0.2, 0) is 9.05 Å². The molecule has 0 radical (unpaired) electrons. The van der Waals surface area contributed by atoms with Gasteiger partial charge in [-0.05, 0) is 20.8 Å². The molecule has 1 unspecified atom stereocenters. The molecule has 7 heteroatoms. The Bertz CT molecular complexity index is 527. The number of halogens is 1. The zero-order valence-electron chi connectivity index (χ0n) is 8.52. The van der Waals surface area contributed by atoms with Gasteiger partial charge in [0.05, 0.1) is 17.5 Å². The van der Waals surface area contributed by atoms with Gasteiger partial charge in [-0.3, -0.25) is 4.68 Å². The van der Waals surface area contributed by atoms with Crippen molar-refractivity contribution in [1.82, 2.24) is 9.78 Å². The van der Waals surface area contributed by atoms with Gasteiger partial charge in [0.15, 0.2) is 0 Å². The summed E-state index contributed by atoms with van der Waals surface area (Å²) in [6, 6.07) is 1.46. The zero-order chi connectivity index (χ0) is 11.8. The van der Waals surface area contributed by atoms with Gasteiger partial charge >= 0.3 is 0 Å². The van der Waals surface area contributed by atoms with Crippen molar-refractivity contribution in [2.24, 2.45) is 0 Å². The summed E-state index contributed by atoms with van der Waals surface area (Å²) in [5.41, 5.74) is 0.696. The highest BCUT2D eigenvalue weighted by Crippen LogP contribution is 2.24. The van der Waals surface area contributed by atoms with Crippen molar-refractivity contribution in [3.63, 3.8) is 0 Å². The average Bonchev–Trinajstić information content (AvgIpc) is 2.39. The van der Waals surface area contributed by atoms with E-state index in [1.54, 1.807) is 20.8 Å². The number of rotatable bonds is 2. The first-order valence-corrected chi connectivity index (χ1v) is 6.50. The van der Waals surface area contributed by atoms with Crippen LogP contribution in [0, 0.1) is 25.2 Å². The Balaban J connectivity index is 3.48. The smallest absolute Gasteiger partial charge is 0.251 e. The molecule has 0 saturated carbocycles. The van der Waals surface area contributed by atoms with Gasteiger partial charge in [-0.25, -0.2) is 8.42 Å². The maximum atomic E-state index is 11.2. The minimum Gasteiger partial charge on any atom is -0.251 e. The van der Waals surface area contributed by atoms with Crippen molar-refractivity contribution < 1.29 is 8.42 Å². The molecule has 1 aromatic rings. The lowest BCUT2D eigenvalue weighted by Gasteiger charge is -2.05. The summed E-state index contributed by atoms with van der Waals surface area (Å²) >= 11 is 0. The highest BCUT2D eigenvalue weighted by atomic mass is 35.7. The van der Waals surface area contributed by atoms with E-state index in [0.29, 0.717) is 11.4 Å². The molecule has 0 aliphatic carbocycles. The van der Waals surface area contributed by atoms with Gasteiger partial charge in [0, 0.05) is 10.7 Å². The van der Waals surface area contributed by atoms with Crippen molar-refractivity contribution in [1.29, 1.82) is 5.26 Å². The Morgan fingerprint density at radius 3 is 2.40 bits per heavy atom. The van der Waals surface area contributed by atoms with Gasteiger partial charge in [0.1, 0.15) is 10.9 Å². The number of nitriles is 1. The third kappa shape index (κ3) is 2.13. The molecule has 15 heavy (non-hydrogen) atoms. The summed E-state index contributed by atoms with van der Waals surface area (Å²) in [4.78, 5) is -0.00809. The Morgan fingerprint density at radius 2 is 2.07 bits per heavy atom.